The summed E-state index contributed by atoms with van der Waals surface area (Å²) in [5.41, 5.74) is -0.671. The minimum Gasteiger partial charge on any atom is -0.455 e. The third kappa shape index (κ3) is 4.00. The third-order valence-electron chi connectivity index (χ3n) is 3.47. The van der Waals surface area contributed by atoms with E-state index in [-0.39, 0.29) is 17.3 Å². The van der Waals surface area contributed by atoms with Crippen LogP contribution in [0.15, 0.2) is 18.2 Å². The Morgan fingerprint density at radius 3 is 2.68 bits per heavy atom. The molecule has 1 aliphatic carbocycles. The zero-order valence-electron chi connectivity index (χ0n) is 11.7. The monoisotopic (exact) mass is 310 g/mol. The van der Waals surface area contributed by atoms with Gasteiger partial charge in [-0.05, 0) is 18.9 Å². The van der Waals surface area contributed by atoms with Crippen molar-refractivity contribution in [3.63, 3.8) is 0 Å². The van der Waals surface area contributed by atoms with Gasteiger partial charge in [-0.2, -0.15) is 0 Å². The second-order valence-electron chi connectivity index (χ2n) is 5.06. The van der Waals surface area contributed by atoms with Crippen molar-refractivity contribution in [1.29, 1.82) is 0 Å². The predicted octanol–water partition coefficient (Wildman–Crippen LogP) is 2.41. The Bertz CT molecular complexity index is 599. The number of rotatable bonds is 5. The van der Waals surface area contributed by atoms with E-state index >= 15 is 0 Å². The molecule has 7 nitrogen and oxygen atoms in total. The minimum absolute atomic E-state index is 0.178. The van der Waals surface area contributed by atoms with Gasteiger partial charge in [0.25, 0.3) is 11.6 Å². The molecule has 1 N–H and O–H groups in total. The summed E-state index contributed by atoms with van der Waals surface area (Å²) in [7, 11) is 0. The van der Waals surface area contributed by atoms with E-state index in [2.05, 4.69) is 5.32 Å². The minimum atomic E-state index is -0.805. The molecule has 1 amide bonds. The topological polar surface area (TPSA) is 98.5 Å². The average molecular weight is 310 g/mol. The van der Waals surface area contributed by atoms with Crippen LogP contribution in [-0.4, -0.2) is 23.4 Å². The van der Waals surface area contributed by atoms with Crippen LogP contribution in [0.25, 0.3) is 0 Å². The molecule has 0 aromatic heterocycles. The molecule has 1 aliphatic rings. The molecule has 0 heterocycles. The molecule has 1 aromatic rings. The summed E-state index contributed by atoms with van der Waals surface area (Å²) in [5, 5.41) is 12.8. The van der Waals surface area contributed by atoms with Crippen molar-refractivity contribution in [3.05, 3.63) is 34.1 Å². The molecule has 0 aliphatic heterocycles. The van der Waals surface area contributed by atoms with Crippen LogP contribution in [0.3, 0.4) is 0 Å². The van der Waals surface area contributed by atoms with Crippen molar-refractivity contribution in [1.82, 2.24) is 0 Å². The lowest BCUT2D eigenvalue weighted by Gasteiger charge is -2.10. The summed E-state index contributed by atoms with van der Waals surface area (Å²) in [5.74, 6) is -2.17. The molecule has 118 valence electrons. The number of nitro groups is 1. The number of esters is 1. The summed E-state index contributed by atoms with van der Waals surface area (Å²) < 4.78 is 18.4. The van der Waals surface area contributed by atoms with Gasteiger partial charge >= 0.3 is 5.97 Å². The second-order valence-corrected chi connectivity index (χ2v) is 5.06. The first-order chi connectivity index (χ1) is 10.5. The van der Waals surface area contributed by atoms with Gasteiger partial charge in [0.2, 0.25) is 0 Å². The number of nitrogens with zero attached hydrogens (tertiary/aromatic N) is 1. The van der Waals surface area contributed by atoms with Crippen molar-refractivity contribution in [2.75, 3.05) is 11.9 Å². The number of halogens is 1. The number of hydrogen-bond acceptors (Lipinski definition) is 5. The van der Waals surface area contributed by atoms with Crippen molar-refractivity contribution in [2.45, 2.75) is 25.7 Å². The van der Waals surface area contributed by atoms with Crippen LogP contribution in [0.4, 0.5) is 15.8 Å². The van der Waals surface area contributed by atoms with Crippen LogP contribution in [0.5, 0.6) is 0 Å². The van der Waals surface area contributed by atoms with Gasteiger partial charge in [-0.3, -0.25) is 19.7 Å². The summed E-state index contributed by atoms with van der Waals surface area (Å²) in [6.07, 6.45) is 3.43. The maximum atomic E-state index is 13.5. The Morgan fingerprint density at radius 2 is 2.05 bits per heavy atom. The fourth-order valence-corrected chi connectivity index (χ4v) is 2.32. The summed E-state index contributed by atoms with van der Waals surface area (Å²) in [4.78, 5) is 33.2. The number of carbonyl (C=O) groups excluding carboxylic acids is 2. The Hall–Kier alpha value is -2.51. The van der Waals surface area contributed by atoms with Crippen LogP contribution >= 0.6 is 0 Å². The molecule has 0 spiro atoms. The number of amides is 1. The zero-order valence-corrected chi connectivity index (χ0v) is 11.7. The van der Waals surface area contributed by atoms with Crippen molar-refractivity contribution in [2.24, 2.45) is 5.92 Å². The number of carbonyl (C=O) groups is 2. The fraction of sp³-hybridized carbons (Fsp3) is 0.429. The summed E-state index contributed by atoms with van der Waals surface area (Å²) in [6, 6.07) is 2.79. The molecule has 0 atom stereocenters. The van der Waals surface area contributed by atoms with E-state index in [1.807, 2.05) is 0 Å². The van der Waals surface area contributed by atoms with Crippen LogP contribution < -0.4 is 5.32 Å². The van der Waals surface area contributed by atoms with Gasteiger partial charge < -0.3 is 10.1 Å². The van der Waals surface area contributed by atoms with Crippen LogP contribution in [-0.2, 0) is 14.3 Å². The number of ether oxygens (including phenoxy) is 1. The number of benzene rings is 1. The fourth-order valence-electron chi connectivity index (χ4n) is 2.32. The lowest BCUT2D eigenvalue weighted by Crippen LogP contribution is -2.24. The van der Waals surface area contributed by atoms with E-state index in [0.29, 0.717) is 0 Å². The number of nitro benzene ring substituents is 1. The molecular weight excluding hydrogens is 295 g/mol. The largest absolute Gasteiger partial charge is 0.455 e. The molecule has 0 unspecified atom stereocenters. The van der Waals surface area contributed by atoms with Gasteiger partial charge in [-0.1, -0.05) is 12.8 Å². The molecular formula is C14H15FN2O5. The number of non-ortho nitro benzene ring substituents is 1. The summed E-state index contributed by atoms with van der Waals surface area (Å²) in [6.45, 7) is -0.544. The first-order valence-electron chi connectivity index (χ1n) is 6.88. The Balaban J connectivity index is 1.90. The normalized spacial score (nSPS) is 14.6. The van der Waals surface area contributed by atoms with E-state index in [1.165, 1.54) is 0 Å². The molecule has 1 aromatic carbocycles. The highest BCUT2D eigenvalue weighted by molar-refractivity contribution is 5.93. The number of hydrogen-bond donors (Lipinski definition) is 1. The van der Waals surface area contributed by atoms with Crippen LogP contribution in [0, 0.1) is 21.8 Å². The standard InChI is InChI=1S/C14H15FN2O5/c15-11-6-5-10(17(20)21)7-12(11)16-13(18)8-22-14(19)9-3-1-2-4-9/h5-7,9H,1-4,8H2,(H,16,18). The van der Waals surface area contributed by atoms with E-state index in [9.17, 15) is 24.1 Å². The maximum absolute atomic E-state index is 13.5. The quantitative estimate of drug-likeness (QED) is 0.511. The molecule has 2 rings (SSSR count). The van der Waals surface area contributed by atoms with Crippen LogP contribution in [0.2, 0.25) is 0 Å². The highest BCUT2D eigenvalue weighted by Gasteiger charge is 2.24. The van der Waals surface area contributed by atoms with Gasteiger partial charge in [0, 0.05) is 12.1 Å². The molecule has 0 bridgehead atoms. The Labute approximate surface area is 125 Å². The van der Waals surface area contributed by atoms with Crippen molar-refractivity contribution < 1.29 is 23.6 Å². The lowest BCUT2D eigenvalue weighted by atomic mass is 10.1. The van der Waals surface area contributed by atoms with Crippen LogP contribution in [0.1, 0.15) is 25.7 Å². The smallest absolute Gasteiger partial charge is 0.309 e. The van der Waals surface area contributed by atoms with Gasteiger partial charge in [0.1, 0.15) is 5.82 Å². The zero-order chi connectivity index (χ0) is 16.1. The molecule has 8 heteroatoms. The number of anilines is 1. The molecule has 0 radical (unpaired) electrons. The first-order valence-corrected chi connectivity index (χ1v) is 6.88. The Morgan fingerprint density at radius 1 is 1.36 bits per heavy atom. The van der Waals surface area contributed by atoms with E-state index < -0.39 is 29.2 Å². The average Bonchev–Trinajstić information content (AvgIpc) is 3.01. The first kappa shape index (κ1) is 15.9. The van der Waals surface area contributed by atoms with Crippen molar-refractivity contribution in [3.8, 4) is 0 Å². The third-order valence-corrected chi connectivity index (χ3v) is 3.47. The highest BCUT2D eigenvalue weighted by Crippen LogP contribution is 2.25. The van der Waals surface area contributed by atoms with E-state index in [0.717, 1.165) is 43.9 Å². The lowest BCUT2D eigenvalue weighted by molar-refractivity contribution is -0.384. The molecule has 22 heavy (non-hydrogen) atoms. The predicted molar refractivity (Wildman–Crippen MR) is 74.6 cm³/mol. The van der Waals surface area contributed by atoms with Gasteiger partial charge in [-0.25, -0.2) is 4.39 Å². The molecule has 1 saturated carbocycles. The summed E-state index contributed by atoms with van der Waals surface area (Å²) >= 11 is 0. The van der Waals surface area contributed by atoms with Gasteiger partial charge in [-0.15, -0.1) is 0 Å². The van der Waals surface area contributed by atoms with Gasteiger partial charge in [0.05, 0.1) is 16.5 Å². The van der Waals surface area contributed by atoms with E-state index in [1.54, 1.807) is 0 Å². The Kier molecular flexibility index (Phi) is 5.03. The number of nitrogens with one attached hydrogen (secondary N) is 1. The maximum Gasteiger partial charge on any atom is 0.309 e. The van der Waals surface area contributed by atoms with E-state index in [4.69, 9.17) is 4.74 Å². The van der Waals surface area contributed by atoms with Crippen molar-refractivity contribution >= 4 is 23.3 Å². The highest BCUT2D eigenvalue weighted by atomic mass is 19.1. The SMILES string of the molecule is O=C(COC(=O)C1CCCC1)Nc1cc([N+](=O)[O-])ccc1F. The molecule has 1 fully saturated rings. The molecule has 0 saturated heterocycles. The second kappa shape index (κ2) is 6.97. The van der Waals surface area contributed by atoms with Gasteiger partial charge in [0.15, 0.2) is 6.61 Å².